The molecule has 4 rings (SSSR count). The van der Waals surface area contributed by atoms with E-state index in [2.05, 4.69) is 9.97 Å². The lowest BCUT2D eigenvalue weighted by Crippen LogP contribution is -2.21. The first-order valence-electron chi connectivity index (χ1n) is 8.66. The zero-order chi connectivity index (χ0) is 19.0. The number of nitrogens with one attached hydrogen (secondary N) is 1. The van der Waals surface area contributed by atoms with Crippen LogP contribution in [0.5, 0.6) is 0 Å². The number of nitro benzene ring substituents is 1. The van der Waals surface area contributed by atoms with Crippen molar-refractivity contribution in [3.8, 4) is 0 Å². The fraction of sp³-hybridized carbons (Fsp3) is 0.263. The zero-order valence-corrected chi connectivity index (χ0v) is 14.4. The smallest absolute Gasteiger partial charge is 0.293 e. The van der Waals surface area contributed by atoms with Crippen LogP contribution in [-0.4, -0.2) is 28.0 Å². The maximum atomic E-state index is 13.1. The van der Waals surface area contributed by atoms with E-state index in [1.54, 1.807) is 18.2 Å². The molecule has 0 aliphatic carbocycles. The van der Waals surface area contributed by atoms with Crippen LogP contribution >= 0.6 is 0 Å². The third kappa shape index (κ3) is 3.38. The molecule has 0 radical (unpaired) electrons. The van der Waals surface area contributed by atoms with Crippen molar-refractivity contribution < 1.29 is 9.31 Å². The Morgan fingerprint density at radius 2 is 2.07 bits per heavy atom. The summed E-state index contributed by atoms with van der Waals surface area (Å²) in [4.78, 5) is 31.5. The number of rotatable bonds is 4. The predicted octanol–water partition coefficient (Wildman–Crippen LogP) is 3.04. The number of anilines is 1. The number of hydrogen-bond donors (Lipinski definition) is 1. The van der Waals surface area contributed by atoms with Crippen molar-refractivity contribution in [3.05, 3.63) is 74.6 Å². The van der Waals surface area contributed by atoms with Gasteiger partial charge in [-0.05, 0) is 42.5 Å². The van der Waals surface area contributed by atoms with E-state index in [0.29, 0.717) is 30.2 Å². The van der Waals surface area contributed by atoms with E-state index in [4.69, 9.17) is 0 Å². The number of nitrogens with zero attached hydrogens (tertiary/aromatic N) is 3. The second-order valence-electron chi connectivity index (χ2n) is 6.78. The molecule has 1 aliphatic heterocycles. The third-order valence-corrected chi connectivity index (χ3v) is 5.00. The molecule has 8 heteroatoms. The molecule has 1 fully saturated rings. The number of benzene rings is 2. The quantitative estimate of drug-likeness (QED) is 0.564. The fourth-order valence-corrected chi connectivity index (χ4v) is 3.66. The molecule has 0 bridgehead atoms. The molecule has 1 unspecified atom stereocenters. The van der Waals surface area contributed by atoms with Crippen molar-refractivity contribution >= 4 is 22.3 Å². The van der Waals surface area contributed by atoms with Gasteiger partial charge in [0.05, 0.1) is 22.2 Å². The molecule has 3 aromatic rings. The SMILES string of the molecule is O=c1[nH]cnc2cc(N3CCC(Cc4ccc(F)cc4)C3)c([N+](=O)[O-])cc12. The standard InChI is InChI=1S/C19H17FN4O3/c20-14-3-1-12(2-4-14)7-13-5-6-23(10-13)17-9-16-15(8-18(17)24(26)27)19(25)22-11-21-16/h1-4,8-9,11,13H,5-7,10H2,(H,21,22,25). The number of H-pyrrole nitrogens is 1. The van der Waals surface area contributed by atoms with Crippen molar-refractivity contribution in [1.82, 2.24) is 9.97 Å². The average Bonchev–Trinajstić information content (AvgIpc) is 3.11. The van der Waals surface area contributed by atoms with Gasteiger partial charge in [0.1, 0.15) is 11.5 Å². The molecule has 1 saturated heterocycles. The molecular formula is C19H17FN4O3. The lowest BCUT2D eigenvalue weighted by molar-refractivity contribution is -0.384. The van der Waals surface area contributed by atoms with Gasteiger partial charge in [-0.1, -0.05) is 12.1 Å². The molecule has 1 aliphatic rings. The van der Waals surface area contributed by atoms with Gasteiger partial charge in [-0.25, -0.2) is 9.37 Å². The summed E-state index contributed by atoms with van der Waals surface area (Å²) < 4.78 is 13.1. The molecule has 1 aromatic heterocycles. The van der Waals surface area contributed by atoms with E-state index in [1.165, 1.54) is 24.5 Å². The molecule has 27 heavy (non-hydrogen) atoms. The molecule has 0 spiro atoms. The van der Waals surface area contributed by atoms with Crippen molar-refractivity contribution in [2.45, 2.75) is 12.8 Å². The number of aromatic amines is 1. The van der Waals surface area contributed by atoms with Gasteiger partial charge >= 0.3 is 0 Å². The molecule has 1 N–H and O–H groups in total. The molecule has 0 saturated carbocycles. The molecule has 7 nitrogen and oxygen atoms in total. The van der Waals surface area contributed by atoms with Gasteiger partial charge < -0.3 is 9.88 Å². The van der Waals surface area contributed by atoms with Crippen molar-refractivity contribution in [3.63, 3.8) is 0 Å². The minimum Gasteiger partial charge on any atom is -0.366 e. The Bertz CT molecular complexity index is 1060. The molecular weight excluding hydrogens is 351 g/mol. The molecule has 138 valence electrons. The van der Waals surface area contributed by atoms with Crippen LogP contribution in [0.4, 0.5) is 15.8 Å². The normalized spacial score (nSPS) is 16.8. The van der Waals surface area contributed by atoms with E-state index in [0.717, 1.165) is 18.4 Å². The Balaban J connectivity index is 1.62. The van der Waals surface area contributed by atoms with Crippen LogP contribution in [0.2, 0.25) is 0 Å². The number of nitro groups is 1. The Morgan fingerprint density at radius 3 is 2.81 bits per heavy atom. The third-order valence-electron chi connectivity index (χ3n) is 5.00. The van der Waals surface area contributed by atoms with Crippen LogP contribution in [0.15, 0.2) is 47.5 Å². The highest BCUT2D eigenvalue weighted by Gasteiger charge is 2.28. The second-order valence-corrected chi connectivity index (χ2v) is 6.78. The van der Waals surface area contributed by atoms with E-state index in [9.17, 15) is 19.3 Å². The molecule has 2 aromatic carbocycles. The van der Waals surface area contributed by atoms with Crippen LogP contribution in [0.1, 0.15) is 12.0 Å². The van der Waals surface area contributed by atoms with Crippen LogP contribution < -0.4 is 10.5 Å². The minimum absolute atomic E-state index is 0.0940. The summed E-state index contributed by atoms with van der Waals surface area (Å²) in [5.41, 5.74) is 1.46. The Hall–Kier alpha value is -3.29. The maximum Gasteiger partial charge on any atom is 0.293 e. The van der Waals surface area contributed by atoms with Crippen LogP contribution in [-0.2, 0) is 6.42 Å². The summed E-state index contributed by atoms with van der Waals surface area (Å²) in [6.45, 7) is 1.34. The summed E-state index contributed by atoms with van der Waals surface area (Å²) in [5.74, 6) is 0.0546. The van der Waals surface area contributed by atoms with Gasteiger partial charge in [-0.2, -0.15) is 0 Å². The predicted molar refractivity (Wildman–Crippen MR) is 99.4 cm³/mol. The maximum absolute atomic E-state index is 13.1. The summed E-state index contributed by atoms with van der Waals surface area (Å²) >= 11 is 0. The summed E-state index contributed by atoms with van der Waals surface area (Å²) in [6, 6.07) is 9.34. The second kappa shape index (κ2) is 6.79. The summed E-state index contributed by atoms with van der Waals surface area (Å²) in [6.07, 6.45) is 2.97. The largest absolute Gasteiger partial charge is 0.366 e. The van der Waals surface area contributed by atoms with Gasteiger partial charge in [-0.3, -0.25) is 14.9 Å². The lowest BCUT2D eigenvalue weighted by atomic mass is 9.99. The topological polar surface area (TPSA) is 92.1 Å². The summed E-state index contributed by atoms with van der Waals surface area (Å²) in [5, 5.41) is 11.8. The van der Waals surface area contributed by atoms with Crippen molar-refractivity contribution in [2.24, 2.45) is 5.92 Å². The van der Waals surface area contributed by atoms with Crippen LogP contribution in [0.25, 0.3) is 10.9 Å². The van der Waals surface area contributed by atoms with E-state index < -0.39 is 10.5 Å². The monoisotopic (exact) mass is 368 g/mol. The first kappa shape index (κ1) is 17.1. The fourth-order valence-electron chi connectivity index (χ4n) is 3.66. The Kier molecular flexibility index (Phi) is 4.31. The highest BCUT2D eigenvalue weighted by molar-refractivity contribution is 5.87. The lowest BCUT2D eigenvalue weighted by Gasteiger charge is -2.19. The minimum atomic E-state index is -0.464. The Morgan fingerprint density at radius 1 is 1.30 bits per heavy atom. The first-order valence-corrected chi connectivity index (χ1v) is 8.66. The average molecular weight is 368 g/mol. The van der Waals surface area contributed by atoms with Gasteiger partial charge in [0.25, 0.3) is 11.2 Å². The molecule has 0 amide bonds. The first-order chi connectivity index (χ1) is 13.0. The Labute approximate surface area is 153 Å². The van der Waals surface area contributed by atoms with Gasteiger partial charge in [0, 0.05) is 19.2 Å². The highest BCUT2D eigenvalue weighted by Crippen LogP contribution is 2.35. The molecule has 2 heterocycles. The van der Waals surface area contributed by atoms with Crippen molar-refractivity contribution in [1.29, 1.82) is 0 Å². The van der Waals surface area contributed by atoms with E-state index in [-0.39, 0.29) is 16.9 Å². The number of halogens is 1. The summed E-state index contributed by atoms with van der Waals surface area (Å²) in [7, 11) is 0. The van der Waals surface area contributed by atoms with Crippen molar-refractivity contribution in [2.75, 3.05) is 18.0 Å². The van der Waals surface area contributed by atoms with E-state index >= 15 is 0 Å². The van der Waals surface area contributed by atoms with Gasteiger partial charge in [0.2, 0.25) is 0 Å². The van der Waals surface area contributed by atoms with Crippen LogP contribution in [0.3, 0.4) is 0 Å². The van der Waals surface area contributed by atoms with E-state index in [1.807, 2.05) is 4.90 Å². The number of hydrogen-bond acceptors (Lipinski definition) is 5. The van der Waals surface area contributed by atoms with Gasteiger partial charge in [-0.15, -0.1) is 0 Å². The van der Waals surface area contributed by atoms with Gasteiger partial charge in [0.15, 0.2) is 0 Å². The molecule has 1 atom stereocenters. The number of aromatic nitrogens is 2. The zero-order valence-electron chi connectivity index (χ0n) is 14.4. The number of fused-ring (bicyclic) bond motifs is 1. The van der Waals surface area contributed by atoms with Crippen LogP contribution in [0, 0.1) is 21.8 Å². The highest BCUT2D eigenvalue weighted by atomic mass is 19.1.